The van der Waals surface area contributed by atoms with Crippen LogP contribution in [0.1, 0.15) is 58.4 Å². The van der Waals surface area contributed by atoms with Crippen molar-refractivity contribution in [1.29, 1.82) is 0 Å². The Morgan fingerprint density at radius 3 is 2.56 bits per heavy atom. The SMILES string of the molecule is O=C(c1cccc(Cc2n[nH]c(=O)c3c2CCCC3)c1)N1CCC(Oc2ccc(Cl)cc2)CC1. The summed E-state index contributed by atoms with van der Waals surface area (Å²) in [5, 5.41) is 7.69. The summed E-state index contributed by atoms with van der Waals surface area (Å²) < 4.78 is 6.05. The number of nitrogens with one attached hydrogen (secondary N) is 1. The predicted molar refractivity (Wildman–Crippen MR) is 132 cm³/mol. The number of amides is 1. The second-order valence-corrected chi connectivity index (χ2v) is 9.54. The van der Waals surface area contributed by atoms with Crippen LogP contribution in [0, 0.1) is 0 Å². The Morgan fingerprint density at radius 2 is 1.79 bits per heavy atom. The highest BCUT2D eigenvalue weighted by Crippen LogP contribution is 2.24. The van der Waals surface area contributed by atoms with Gasteiger partial charge in [-0.15, -0.1) is 0 Å². The molecule has 0 unspecified atom stereocenters. The number of benzene rings is 2. The van der Waals surface area contributed by atoms with Crippen molar-refractivity contribution < 1.29 is 9.53 Å². The van der Waals surface area contributed by atoms with E-state index in [-0.39, 0.29) is 17.6 Å². The molecule has 2 aromatic carbocycles. The fraction of sp³-hybridized carbons (Fsp3) is 0.370. The Balaban J connectivity index is 1.23. The van der Waals surface area contributed by atoms with Gasteiger partial charge in [-0.05, 0) is 73.2 Å². The van der Waals surface area contributed by atoms with Gasteiger partial charge in [0.15, 0.2) is 0 Å². The first-order valence-corrected chi connectivity index (χ1v) is 12.3. The van der Waals surface area contributed by atoms with Gasteiger partial charge in [0.05, 0.1) is 5.69 Å². The van der Waals surface area contributed by atoms with Gasteiger partial charge in [-0.25, -0.2) is 5.10 Å². The molecule has 0 saturated carbocycles. The number of nitrogens with zero attached hydrogens (tertiary/aromatic N) is 2. The fourth-order valence-electron chi connectivity index (χ4n) is 4.95. The standard InChI is InChI=1S/C27H28ClN3O3/c28-20-8-10-21(11-9-20)34-22-12-14-31(15-13-22)27(33)19-5-3-4-18(16-19)17-25-23-6-1-2-7-24(23)26(32)30-29-25/h3-5,8-11,16,22H,1-2,6-7,12-15,17H2,(H,30,32). The molecule has 6 nitrogen and oxygen atoms in total. The van der Waals surface area contributed by atoms with Crippen LogP contribution in [0.25, 0.3) is 0 Å². The monoisotopic (exact) mass is 477 g/mol. The number of likely N-dealkylation sites (tertiary alicyclic amines) is 1. The Morgan fingerprint density at radius 1 is 1.06 bits per heavy atom. The van der Waals surface area contributed by atoms with Gasteiger partial charge in [0.2, 0.25) is 0 Å². The molecule has 5 rings (SSSR count). The number of aromatic amines is 1. The number of H-pyrrole nitrogens is 1. The molecule has 1 aliphatic carbocycles. The van der Waals surface area contributed by atoms with Gasteiger partial charge in [0, 0.05) is 48.5 Å². The van der Waals surface area contributed by atoms with Crippen molar-refractivity contribution >= 4 is 17.5 Å². The molecule has 1 saturated heterocycles. The van der Waals surface area contributed by atoms with E-state index in [9.17, 15) is 9.59 Å². The van der Waals surface area contributed by atoms with E-state index in [0.717, 1.165) is 66.7 Å². The van der Waals surface area contributed by atoms with E-state index in [2.05, 4.69) is 10.2 Å². The van der Waals surface area contributed by atoms with Gasteiger partial charge >= 0.3 is 0 Å². The van der Waals surface area contributed by atoms with Gasteiger partial charge in [-0.3, -0.25) is 9.59 Å². The number of hydrogen-bond acceptors (Lipinski definition) is 4. The quantitative estimate of drug-likeness (QED) is 0.583. The van der Waals surface area contributed by atoms with Crippen LogP contribution in [0.15, 0.2) is 53.3 Å². The second kappa shape index (κ2) is 10.0. The van der Waals surface area contributed by atoms with Crippen LogP contribution < -0.4 is 10.3 Å². The zero-order chi connectivity index (χ0) is 23.5. The molecule has 1 N–H and O–H groups in total. The molecule has 1 fully saturated rings. The highest BCUT2D eigenvalue weighted by Gasteiger charge is 2.25. The van der Waals surface area contributed by atoms with E-state index in [1.807, 2.05) is 53.4 Å². The summed E-state index contributed by atoms with van der Waals surface area (Å²) in [6.45, 7) is 1.33. The predicted octanol–water partition coefficient (Wildman–Crippen LogP) is 4.58. The van der Waals surface area contributed by atoms with Crippen LogP contribution in [0.3, 0.4) is 0 Å². The molecular formula is C27H28ClN3O3. The molecule has 0 radical (unpaired) electrons. The Bertz CT molecular complexity index is 1230. The molecule has 7 heteroatoms. The lowest BCUT2D eigenvalue weighted by molar-refractivity contribution is 0.0595. The van der Waals surface area contributed by atoms with E-state index in [0.29, 0.717) is 30.1 Å². The summed E-state index contributed by atoms with van der Waals surface area (Å²) in [5.41, 5.74) is 4.54. The second-order valence-electron chi connectivity index (χ2n) is 9.10. The topological polar surface area (TPSA) is 75.3 Å². The van der Waals surface area contributed by atoms with Gasteiger partial charge in [0.25, 0.3) is 11.5 Å². The molecule has 0 bridgehead atoms. The molecule has 2 heterocycles. The summed E-state index contributed by atoms with van der Waals surface area (Å²) in [7, 11) is 0. The maximum atomic E-state index is 13.2. The molecule has 1 aromatic heterocycles. The minimum absolute atomic E-state index is 0.0447. The third kappa shape index (κ3) is 5.02. The summed E-state index contributed by atoms with van der Waals surface area (Å²) in [6, 6.07) is 15.2. The van der Waals surface area contributed by atoms with Crippen LogP contribution in [-0.4, -0.2) is 40.2 Å². The van der Waals surface area contributed by atoms with E-state index in [4.69, 9.17) is 16.3 Å². The number of aromatic nitrogens is 2. The van der Waals surface area contributed by atoms with Gasteiger partial charge in [-0.2, -0.15) is 5.10 Å². The summed E-state index contributed by atoms with van der Waals surface area (Å²) in [5.74, 6) is 0.850. The van der Waals surface area contributed by atoms with Crippen molar-refractivity contribution in [3.8, 4) is 5.75 Å². The number of rotatable bonds is 5. The first-order valence-electron chi connectivity index (χ1n) is 12.0. The zero-order valence-corrected chi connectivity index (χ0v) is 19.8. The van der Waals surface area contributed by atoms with E-state index >= 15 is 0 Å². The highest BCUT2D eigenvalue weighted by atomic mass is 35.5. The molecule has 34 heavy (non-hydrogen) atoms. The molecule has 3 aromatic rings. The summed E-state index contributed by atoms with van der Waals surface area (Å²) >= 11 is 5.94. The molecule has 176 valence electrons. The number of ether oxygens (including phenoxy) is 1. The average Bonchev–Trinajstić information content (AvgIpc) is 2.87. The van der Waals surface area contributed by atoms with Crippen LogP contribution in [-0.2, 0) is 19.3 Å². The summed E-state index contributed by atoms with van der Waals surface area (Å²) in [4.78, 5) is 27.2. The van der Waals surface area contributed by atoms with Crippen LogP contribution in [0.4, 0.5) is 0 Å². The van der Waals surface area contributed by atoms with Crippen molar-refractivity contribution in [1.82, 2.24) is 15.1 Å². The van der Waals surface area contributed by atoms with Crippen molar-refractivity contribution in [2.45, 2.75) is 51.0 Å². The average molecular weight is 478 g/mol. The van der Waals surface area contributed by atoms with Gasteiger partial charge < -0.3 is 9.64 Å². The molecule has 0 atom stereocenters. The molecular weight excluding hydrogens is 450 g/mol. The Hall–Kier alpha value is -3.12. The van der Waals surface area contributed by atoms with Crippen molar-refractivity contribution in [3.05, 3.63) is 91.9 Å². The third-order valence-corrected chi connectivity index (χ3v) is 7.03. The smallest absolute Gasteiger partial charge is 0.267 e. The zero-order valence-electron chi connectivity index (χ0n) is 19.1. The number of carbonyl (C=O) groups is 1. The van der Waals surface area contributed by atoms with Crippen LogP contribution >= 0.6 is 11.6 Å². The van der Waals surface area contributed by atoms with Gasteiger partial charge in [0.1, 0.15) is 11.9 Å². The first kappa shape index (κ1) is 22.7. The molecule has 2 aliphatic rings. The third-order valence-electron chi connectivity index (χ3n) is 6.77. The van der Waals surface area contributed by atoms with Crippen molar-refractivity contribution in [3.63, 3.8) is 0 Å². The van der Waals surface area contributed by atoms with Crippen molar-refractivity contribution in [2.24, 2.45) is 0 Å². The summed E-state index contributed by atoms with van der Waals surface area (Å²) in [6.07, 6.45) is 6.13. The Labute approximate surface area is 203 Å². The number of carbonyl (C=O) groups excluding carboxylic acids is 1. The normalized spacial score (nSPS) is 16.2. The van der Waals surface area contributed by atoms with Gasteiger partial charge in [-0.1, -0.05) is 23.7 Å². The van der Waals surface area contributed by atoms with Crippen LogP contribution in [0.2, 0.25) is 5.02 Å². The fourth-order valence-corrected chi connectivity index (χ4v) is 5.07. The van der Waals surface area contributed by atoms with E-state index in [1.165, 1.54) is 0 Å². The number of hydrogen-bond donors (Lipinski definition) is 1. The van der Waals surface area contributed by atoms with E-state index < -0.39 is 0 Å². The molecule has 1 amide bonds. The largest absolute Gasteiger partial charge is 0.490 e. The number of fused-ring (bicyclic) bond motifs is 1. The molecule has 0 spiro atoms. The Kier molecular flexibility index (Phi) is 6.68. The lowest BCUT2D eigenvalue weighted by Crippen LogP contribution is -2.41. The lowest BCUT2D eigenvalue weighted by atomic mass is 9.90. The first-order chi connectivity index (χ1) is 16.6. The van der Waals surface area contributed by atoms with E-state index in [1.54, 1.807) is 0 Å². The maximum absolute atomic E-state index is 13.2. The lowest BCUT2D eigenvalue weighted by Gasteiger charge is -2.32. The number of halogens is 1. The highest BCUT2D eigenvalue weighted by molar-refractivity contribution is 6.30. The maximum Gasteiger partial charge on any atom is 0.267 e. The minimum atomic E-state index is -0.0641. The van der Waals surface area contributed by atoms with Crippen molar-refractivity contribution in [2.75, 3.05) is 13.1 Å². The number of piperidine rings is 1. The minimum Gasteiger partial charge on any atom is -0.490 e. The van der Waals surface area contributed by atoms with Crippen LogP contribution in [0.5, 0.6) is 5.75 Å². The molecule has 1 aliphatic heterocycles.